The molecule has 3 rings (SSSR count). The van der Waals surface area contributed by atoms with Crippen LogP contribution < -0.4 is 5.32 Å². The summed E-state index contributed by atoms with van der Waals surface area (Å²) in [5.74, 6) is 0.226. The van der Waals surface area contributed by atoms with Crippen molar-refractivity contribution in [3.8, 4) is 0 Å². The van der Waals surface area contributed by atoms with Gasteiger partial charge in [0.2, 0.25) is 0 Å². The third-order valence-electron chi connectivity index (χ3n) is 5.09. The Morgan fingerprint density at radius 2 is 2.17 bits per heavy atom. The van der Waals surface area contributed by atoms with Crippen molar-refractivity contribution in [2.45, 2.75) is 39.0 Å². The average Bonchev–Trinajstić information content (AvgIpc) is 3.06. The van der Waals surface area contributed by atoms with Gasteiger partial charge >= 0.3 is 5.97 Å². The second kappa shape index (κ2) is 8.21. The second-order valence-corrected chi connectivity index (χ2v) is 7.34. The van der Waals surface area contributed by atoms with Gasteiger partial charge in [-0.15, -0.1) is 0 Å². The van der Waals surface area contributed by atoms with Crippen molar-refractivity contribution in [3.63, 3.8) is 0 Å². The Morgan fingerprint density at radius 3 is 2.92 bits per heavy atom. The van der Waals surface area contributed by atoms with E-state index in [2.05, 4.69) is 17.1 Å². The van der Waals surface area contributed by atoms with Crippen molar-refractivity contribution in [2.24, 2.45) is 5.92 Å². The van der Waals surface area contributed by atoms with Crippen LogP contribution in [0.3, 0.4) is 0 Å². The fourth-order valence-corrected chi connectivity index (χ4v) is 3.82. The van der Waals surface area contributed by atoms with E-state index in [-0.39, 0.29) is 5.97 Å². The van der Waals surface area contributed by atoms with Gasteiger partial charge in [-0.3, -0.25) is 0 Å². The number of carbonyl (C=O) groups is 1. The SMILES string of the molecule is CCCCN1CCC(COC(=O)c2cc(Cl)cc3c2NCC3)CC1. The van der Waals surface area contributed by atoms with Gasteiger partial charge in [0.05, 0.1) is 17.9 Å². The Hall–Kier alpha value is -1.26. The van der Waals surface area contributed by atoms with Crippen molar-refractivity contribution in [1.29, 1.82) is 0 Å². The maximum atomic E-state index is 12.5. The summed E-state index contributed by atoms with van der Waals surface area (Å²) in [5.41, 5.74) is 2.59. The number of hydrogen-bond acceptors (Lipinski definition) is 4. The van der Waals surface area contributed by atoms with Crippen LogP contribution in [0.4, 0.5) is 5.69 Å². The zero-order valence-electron chi connectivity index (χ0n) is 14.4. The molecule has 0 saturated carbocycles. The summed E-state index contributed by atoms with van der Waals surface area (Å²) in [6.45, 7) is 7.04. The first-order valence-electron chi connectivity index (χ1n) is 9.13. The van der Waals surface area contributed by atoms with Crippen LogP contribution in [-0.2, 0) is 11.2 Å². The van der Waals surface area contributed by atoms with Gasteiger partial charge in [-0.2, -0.15) is 0 Å². The number of anilines is 1. The van der Waals surface area contributed by atoms with E-state index in [0.29, 0.717) is 23.1 Å². The number of fused-ring (bicyclic) bond motifs is 1. The predicted octanol–water partition coefficient (Wildman–Crippen LogP) is 3.98. The summed E-state index contributed by atoms with van der Waals surface area (Å²) < 4.78 is 5.61. The third-order valence-corrected chi connectivity index (χ3v) is 5.30. The fraction of sp³-hybridized carbons (Fsp3) is 0.632. The number of nitrogens with zero attached hydrogens (tertiary/aromatic N) is 1. The molecule has 2 aliphatic heterocycles. The van der Waals surface area contributed by atoms with E-state index in [1.54, 1.807) is 6.07 Å². The van der Waals surface area contributed by atoms with E-state index in [9.17, 15) is 4.79 Å². The lowest BCUT2D eigenvalue weighted by atomic mass is 9.97. The molecule has 1 fully saturated rings. The molecule has 0 unspecified atom stereocenters. The molecule has 0 spiro atoms. The maximum Gasteiger partial charge on any atom is 0.340 e. The van der Waals surface area contributed by atoms with Crippen LogP contribution in [0.15, 0.2) is 12.1 Å². The molecule has 2 heterocycles. The second-order valence-electron chi connectivity index (χ2n) is 6.90. The summed E-state index contributed by atoms with van der Waals surface area (Å²) in [4.78, 5) is 15.0. The molecule has 2 aliphatic rings. The fourth-order valence-electron chi connectivity index (χ4n) is 3.58. The summed E-state index contributed by atoms with van der Waals surface area (Å²) in [7, 11) is 0. The highest BCUT2D eigenvalue weighted by atomic mass is 35.5. The lowest BCUT2D eigenvalue weighted by Crippen LogP contribution is -2.36. The molecule has 5 heteroatoms. The highest BCUT2D eigenvalue weighted by Crippen LogP contribution is 2.31. The number of benzene rings is 1. The number of unbranched alkanes of at least 4 members (excludes halogenated alkanes) is 1. The van der Waals surface area contributed by atoms with Crippen LogP contribution in [-0.4, -0.2) is 43.7 Å². The summed E-state index contributed by atoms with van der Waals surface area (Å²) in [6.07, 6.45) is 5.65. The zero-order valence-corrected chi connectivity index (χ0v) is 15.2. The van der Waals surface area contributed by atoms with Crippen LogP contribution in [0.5, 0.6) is 0 Å². The average molecular weight is 351 g/mol. The van der Waals surface area contributed by atoms with E-state index in [1.165, 1.54) is 19.4 Å². The monoisotopic (exact) mass is 350 g/mol. The third kappa shape index (κ3) is 4.22. The molecule has 4 nitrogen and oxygen atoms in total. The molecule has 0 aliphatic carbocycles. The number of rotatable bonds is 6. The van der Waals surface area contributed by atoms with Crippen LogP contribution in [0.25, 0.3) is 0 Å². The molecule has 0 amide bonds. The minimum absolute atomic E-state index is 0.253. The molecular weight excluding hydrogens is 324 g/mol. The number of hydrogen-bond donors (Lipinski definition) is 1. The van der Waals surface area contributed by atoms with Gasteiger partial charge in [0, 0.05) is 11.6 Å². The normalized spacial score (nSPS) is 18.2. The Labute approximate surface area is 149 Å². The van der Waals surface area contributed by atoms with Crippen molar-refractivity contribution in [3.05, 3.63) is 28.3 Å². The van der Waals surface area contributed by atoms with E-state index in [4.69, 9.17) is 16.3 Å². The summed E-state index contributed by atoms with van der Waals surface area (Å²) in [6, 6.07) is 3.65. The minimum Gasteiger partial charge on any atom is -0.462 e. The van der Waals surface area contributed by atoms with Gasteiger partial charge in [-0.05, 0) is 68.9 Å². The smallest absolute Gasteiger partial charge is 0.340 e. The number of likely N-dealkylation sites (tertiary alicyclic amines) is 1. The Bertz CT molecular complexity index is 583. The molecule has 1 saturated heterocycles. The lowest BCUT2D eigenvalue weighted by molar-refractivity contribution is 0.0373. The minimum atomic E-state index is -0.253. The highest BCUT2D eigenvalue weighted by Gasteiger charge is 2.24. The number of ether oxygens (including phenoxy) is 1. The van der Waals surface area contributed by atoms with Gasteiger partial charge in [0.25, 0.3) is 0 Å². The van der Waals surface area contributed by atoms with Gasteiger partial charge in [-0.25, -0.2) is 4.79 Å². The van der Waals surface area contributed by atoms with Crippen LogP contribution in [0, 0.1) is 5.92 Å². The molecule has 132 valence electrons. The van der Waals surface area contributed by atoms with E-state index in [0.717, 1.165) is 50.1 Å². The van der Waals surface area contributed by atoms with Crippen molar-refractivity contribution < 1.29 is 9.53 Å². The molecule has 0 atom stereocenters. The van der Waals surface area contributed by atoms with Crippen molar-refractivity contribution >= 4 is 23.3 Å². The van der Waals surface area contributed by atoms with Crippen molar-refractivity contribution in [1.82, 2.24) is 4.90 Å². The van der Waals surface area contributed by atoms with Gasteiger partial charge < -0.3 is 15.0 Å². The van der Waals surface area contributed by atoms with Crippen molar-refractivity contribution in [2.75, 3.05) is 38.1 Å². The molecule has 0 aromatic heterocycles. The number of carbonyl (C=O) groups excluding carboxylic acids is 1. The van der Waals surface area contributed by atoms with E-state index in [1.807, 2.05) is 6.07 Å². The zero-order chi connectivity index (χ0) is 16.9. The molecule has 1 N–H and O–H groups in total. The maximum absolute atomic E-state index is 12.5. The van der Waals surface area contributed by atoms with Crippen LogP contribution >= 0.6 is 11.6 Å². The predicted molar refractivity (Wildman–Crippen MR) is 98.0 cm³/mol. The number of nitrogens with one attached hydrogen (secondary N) is 1. The quantitative estimate of drug-likeness (QED) is 0.788. The molecule has 24 heavy (non-hydrogen) atoms. The van der Waals surface area contributed by atoms with Gasteiger partial charge in [0.15, 0.2) is 0 Å². The Kier molecular flexibility index (Phi) is 6.01. The number of esters is 1. The standard InChI is InChI=1S/C19H27ClN2O2/c1-2-3-8-22-9-5-14(6-10-22)13-24-19(23)17-12-16(20)11-15-4-7-21-18(15)17/h11-12,14,21H,2-10,13H2,1H3. The first-order valence-corrected chi connectivity index (χ1v) is 9.51. The molecule has 0 bridgehead atoms. The summed E-state index contributed by atoms with van der Waals surface area (Å²) >= 11 is 6.14. The first-order chi connectivity index (χ1) is 11.7. The number of piperidine rings is 1. The lowest BCUT2D eigenvalue weighted by Gasteiger charge is -2.31. The molecular formula is C19H27ClN2O2. The Morgan fingerprint density at radius 1 is 1.38 bits per heavy atom. The summed E-state index contributed by atoms with van der Waals surface area (Å²) in [5, 5.41) is 3.88. The van der Waals surface area contributed by atoms with Gasteiger partial charge in [0.1, 0.15) is 0 Å². The molecule has 0 radical (unpaired) electrons. The molecule has 1 aromatic carbocycles. The molecule has 1 aromatic rings. The number of halogens is 1. The highest BCUT2D eigenvalue weighted by molar-refractivity contribution is 6.31. The topological polar surface area (TPSA) is 41.6 Å². The Balaban J connectivity index is 1.50. The van der Waals surface area contributed by atoms with Crippen LogP contribution in [0.1, 0.15) is 48.5 Å². The van der Waals surface area contributed by atoms with E-state index < -0.39 is 0 Å². The van der Waals surface area contributed by atoms with E-state index >= 15 is 0 Å². The first kappa shape index (κ1) is 17.6. The van der Waals surface area contributed by atoms with Crippen LogP contribution in [0.2, 0.25) is 5.02 Å². The van der Waals surface area contributed by atoms with Gasteiger partial charge in [-0.1, -0.05) is 24.9 Å². The largest absolute Gasteiger partial charge is 0.462 e.